The first-order chi connectivity index (χ1) is 16.0. The van der Waals surface area contributed by atoms with E-state index < -0.39 is 12.6 Å². The summed E-state index contributed by atoms with van der Waals surface area (Å²) in [5, 5.41) is 0. The van der Waals surface area contributed by atoms with Crippen LogP contribution in [0.15, 0.2) is 35.8 Å². The van der Waals surface area contributed by atoms with E-state index in [1.165, 1.54) is 10.6 Å². The number of ether oxygens (including phenoxy) is 1. The van der Waals surface area contributed by atoms with Crippen LogP contribution in [0.3, 0.4) is 0 Å². The van der Waals surface area contributed by atoms with E-state index >= 15 is 0 Å². The average molecular weight is 473 g/mol. The highest BCUT2D eigenvalue weighted by Gasteiger charge is 2.29. The molecule has 0 spiro atoms. The van der Waals surface area contributed by atoms with E-state index in [1.807, 2.05) is 19.9 Å². The van der Waals surface area contributed by atoms with Crippen LogP contribution in [0, 0.1) is 13.8 Å². The molecule has 1 aliphatic rings. The molecule has 9 heteroatoms. The summed E-state index contributed by atoms with van der Waals surface area (Å²) in [4.78, 5) is 25.7. The maximum atomic E-state index is 12.9. The van der Waals surface area contributed by atoms with E-state index in [-0.39, 0.29) is 24.0 Å². The Morgan fingerprint density at radius 1 is 1.21 bits per heavy atom. The number of nitrogens with zero attached hydrogens (tertiary/aromatic N) is 4. The van der Waals surface area contributed by atoms with Gasteiger partial charge in [0.2, 0.25) is 5.56 Å². The number of pyridine rings is 2. The van der Waals surface area contributed by atoms with Crippen molar-refractivity contribution in [2.75, 3.05) is 6.61 Å². The maximum absolute atomic E-state index is 12.9. The molecule has 2 unspecified atom stereocenters. The summed E-state index contributed by atoms with van der Waals surface area (Å²) in [7, 11) is 1.69. The van der Waals surface area contributed by atoms with Crippen LogP contribution in [0.1, 0.15) is 65.9 Å². The Balaban J connectivity index is 1.71. The van der Waals surface area contributed by atoms with Gasteiger partial charge in [-0.2, -0.15) is 13.2 Å². The fourth-order valence-electron chi connectivity index (χ4n) is 4.23. The predicted molar refractivity (Wildman–Crippen MR) is 123 cm³/mol. The Hall–Kier alpha value is -3.07. The van der Waals surface area contributed by atoms with Crippen LogP contribution in [-0.2, 0) is 11.8 Å². The summed E-state index contributed by atoms with van der Waals surface area (Å²) >= 11 is 0. The first kappa shape index (κ1) is 24.1. The summed E-state index contributed by atoms with van der Waals surface area (Å²) in [5.74, 6) is 0.0120. The molecule has 0 radical (unpaired) electrons. The molecule has 3 aromatic heterocycles. The molecule has 1 saturated heterocycles. The topological polar surface area (TPSA) is 69.9 Å². The lowest BCUT2D eigenvalue weighted by molar-refractivity contribution is -0.133. The first-order valence-electron chi connectivity index (χ1n) is 11.2. The van der Waals surface area contributed by atoms with Crippen LogP contribution in [0.2, 0.25) is 0 Å². The largest absolute Gasteiger partial charge is 0.389 e. The van der Waals surface area contributed by atoms with E-state index in [4.69, 9.17) is 9.72 Å². The molecular formula is C25H27F3N4O2. The molecule has 34 heavy (non-hydrogen) atoms. The number of rotatable bonds is 5. The lowest BCUT2D eigenvalue weighted by Gasteiger charge is -2.30. The van der Waals surface area contributed by atoms with Gasteiger partial charge in [0.15, 0.2) is 5.65 Å². The molecule has 0 N–H and O–H groups in total. The van der Waals surface area contributed by atoms with Crippen molar-refractivity contribution < 1.29 is 17.9 Å². The number of aryl methyl sites for hydroxylation is 3. The normalized spacial score (nSPS) is 18.9. The molecule has 2 atom stereocenters. The van der Waals surface area contributed by atoms with Gasteiger partial charge in [-0.15, -0.1) is 0 Å². The number of aromatic nitrogens is 4. The zero-order chi connectivity index (χ0) is 24.6. The molecule has 4 heterocycles. The quantitative estimate of drug-likeness (QED) is 0.502. The van der Waals surface area contributed by atoms with Gasteiger partial charge in [-0.25, -0.2) is 15.0 Å². The SMILES string of the molecule is C=C(CCC(F)(F)F)c1cc(C2CCOC(c3ccc(=O)n(C)c3)C2)nc2nc(C)c(C)nc12. The Kier molecular flexibility index (Phi) is 6.58. The van der Waals surface area contributed by atoms with E-state index in [0.717, 1.165) is 17.0 Å². The van der Waals surface area contributed by atoms with Crippen molar-refractivity contribution >= 4 is 16.7 Å². The highest BCUT2D eigenvalue weighted by molar-refractivity contribution is 5.86. The molecule has 4 rings (SSSR count). The van der Waals surface area contributed by atoms with E-state index in [0.29, 0.717) is 47.4 Å². The van der Waals surface area contributed by atoms with Crippen molar-refractivity contribution in [2.45, 2.75) is 57.7 Å². The average Bonchev–Trinajstić information content (AvgIpc) is 2.79. The van der Waals surface area contributed by atoms with Gasteiger partial charge in [0.25, 0.3) is 0 Å². The van der Waals surface area contributed by atoms with Crippen molar-refractivity contribution in [1.82, 2.24) is 19.5 Å². The Labute approximate surface area is 195 Å². The maximum Gasteiger partial charge on any atom is 0.389 e. The second kappa shape index (κ2) is 9.29. The monoisotopic (exact) mass is 472 g/mol. The molecule has 1 fully saturated rings. The van der Waals surface area contributed by atoms with Gasteiger partial charge in [0.05, 0.1) is 17.5 Å². The fourth-order valence-corrected chi connectivity index (χ4v) is 4.23. The minimum atomic E-state index is -4.27. The number of allylic oxidation sites excluding steroid dienone is 1. The Morgan fingerprint density at radius 3 is 2.65 bits per heavy atom. The lowest BCUT2D eigenvalue weighted by Crippen LogP contribution is -2.22. The molecule has 180 valence electrons. The zero-order valence-corrected chi connectivity index (χ0v) is 19.4. The zero-order valence-electron chi connectivity index (χ0n) is 19.4. The van der Waals surface area contributed by atoms with Gasteiger partial charge >= 0.3 is 6.18 Å². The number of hydrogen-bond acceptors (Lipinski definition) is 5. The van der Waals surface area contributed by atoms with Crippen molar-refractivity contribution in [1.29, 1.82) is 0 Å². The molecule has 1 aliphatic heterocycles. The van der Waals surface area contributed by atoms with Crippen molar-refractivity contribution in [3.63, 3.8) is 0 Å². The minimum absolute atomic E-state index is 0.0120. The smallest absolute Gasteiger partial charge is 0.373 e. The fraction of sp³-hybridized carbons (Fsp3) is 0.440. The molecule has 0 aromatic carbocycles. The van der Waals surface area contributed by atoms with E-state index in [2.05, 4.69) is 16.5 Å². The first-order valence-corrected chi connectivity index (χ1v) is 11.2. The number of halogens is 3. The summed E-state index contributed by atoms with van der Waals surface area (Å²) in [5.41, 5.74) is 4.77. The van der Waals surface area contributed by atoms with Gasteiger partial charge in [-0.3, -0.25) is 4.79 Å². The molecule has 0 saturated carbocycles. The van der Waals surface area contributed by atoms with Crippen molar-refractivity contribution in [3.05, 3.63) is 69.5 Å². The predicted octanol–water partition coefficient (Wildman–Crippen LogP) is 5.33. The van der Waals surface area contributed by atoms with Gasteiger partial charge < -0.3 is 9.30 Å². The standard InChI is InChI=1S/C25H27F3N4O2/c1-14(7-9-25(26,27)28)19-12-20(31-24-23(19)29-15(2)16(3)30-24)17-8-10-34-21(11-17)18-5-6-22(33)32(4)13-18/h5-6,12-13,17,21H,1,7-11H2,2-4H3. The minimum Gasteiger partial charge on any atom is -0.373 e. The lowest BCUT2D eigenvalue weighted by atomic mass is 9.88. The molecule has 0 bridgehead atoms. The molecular weight excluding hydrogens is 445 g/mol. The van der Waals surface area contributed by atoms with Crippen LogP contribution in [0.25, 0.3) is 16.7 Å². The van der Waals surface area contributed by atoms with Gasteiger partial charge in [-0.05, 0) is 56.4 Å². The number of hydrogen-bond donors (Lipinski definition) is 0. The second-order valence-corrected chi connectivity index (χ2v) is 8.87. The molecule has 0 amide bonds. The van der Waals surface area contributed by atoms with Gasteiger partial charge in [0, 0.05) is 49.5 Å². The third-order valence-corrected chi connectivity index (χ3v) is 6.34. The highest BCUT2D eigenvalue weighted by Crippen LogP contribution is 2.39. The van der Waals surface area contributed by atoms with Crippen LogP contribution >= 0.6 is 0 Å². The molecule has 3 aromatic rings. The van der Waals surface area contributed by atoms with Crippen molar-refractivity contribution in [2.24, 2.45) is 7.05 Å². The van der Waals surface area contributed by atoms with Gasteiger partial charge in [0.1, 0.15) is 5.52 Å². The summed E-state index contributed by atoms with van der Waals surface area (Å²) in [6, 6.07) is 5.10. The van der Waals surface area contributed by atoms with E-state index in [1.54, 1.807) is 19.3 Å². The third kappa shape index (κ3) is 5.19. The second-order valence-electron chi connectivity index (χ2n) is 8.87. The van der Waals surface area contributed by atoms with E-state index in [9.17, 15) is 18.0 Å². The summed E-state index contributed by atoms with van der Waals surface area (Å²) in [6.45, 7) is 8.09. The van der Waals surface area contributed by atoms with Crippen LogP contribution in [-0.4, -0.2) is 32.3 Å². The summed E-state index contributed by atoms with van der Waals surface area (Å²) < 4.78 is 46.1. The van der Waals surface area contributed by atoms with Crippen LogP contribution in [0.5, 0.6) is 0 Å². The van der Waals surface area contributed by atoms with Crippen molar-refractivity contribution in [3.8, 4) is 0 Å². The van der Waals surface area contributed by atoms with Gasteiger partial charge in [-0.1, -0.05) is 6.58 Å². The van der Waals surface area contributed by atoms with Crippen LogP contribution in [0.4, 0.5) is 13.2 Å². The number of fused-ring (bicyclic) bond motifs is 1. The van der Waals surface area contributed by atoms with Crippen LogP contribution < -0.4 is 5.56 Å². The molecule has 6 nitrogen and oxygen atoms in total. The Bertz CT molecular complexity index is 1300. The number of alkyl halides is 3. The Morgan fingerprint density at radius 2 is 1.94 bits per heavy atom. The highest BCUT2D eigenvalue weighted by atomic mass is 19.4. The molecule has 0 aliphatic carbocycles. The summed E-state index contributed by atoms with van der Waals surface area (Å²) in [6.07, 6.45) is -2.54. The third-order valence-electron chi connectivity index (χ3n) is 6.34.